The van der Waals surface area contributed by atoms with Crippen LogP contribution in [0.4, 0.5) is 0 Å². The van der Waals surface area contributed by atoms with Gasteiger partial charge in [0, 0.05) is 11.9 Å². The predicted molar refractivity (Wildman–Crippen MR) is 70.6 cm³/mol. The van der Waals surface area contributed by atoms with Crippen molar-refractivity contribution in [2.24, 2.45) is 5.41 Å². The monoisotopic (exact) mass is 273 g/mol. The van der Waals surface area contributed by atoms with Gasteiger partial charge in [-0.3, -0.25) is 4.79 Å². The van der Waals surface area contributed by atoms with Gasteiger partial charge in [0.05, 0.1) is 0 Å². The fourth-order valence-corrected chi connectivity index (χ4v) is 1.90. The number of carboxylic acid groups (broad SMARTS) is 1. The lowest BCUT2D eigenvalue weighted by molar-refractivity contribution is -0.135. The first kappa shape index (κ1) is 15.0. The average molecular weight is 274 g/mol. The highest BCUT2D eigenvalue weighted by molar-refractivity contribution is 6.17. The summed E-state index contributed by atoms with van der Waals surface area (Å²) < 4.78 is 0. The molecule has 0 radical (unpaired) electrons. The minimum atomic E-state index is -1.17. The third kappa shape index (κ3) is 4.33. The van der Waals surface area contributed by atoms with E-state index in [0.717, 1.165) is 19.3 Å². The van der Waals surface area contributed by atoms with Crippen molar-refractivity contribution in [2.75, 3.05) is 5.88 Å². The molecule has 1 atom stereocenters. The van der Waals surface area contributed by atoms with Gasteiger partial charge in [0.2, 0.25) is 0 Å². The van der Waals surface area contributed by atoms with E-state index in [1.54, 1.807) is 0 Å². The number of carbonyl (C=O) groups is 2. The fourth-order valence-electron chi connectivity index (χ4n) is 1.71. The summed E-state index contributed by atoms with van der Waals surface area (Å²) in [5.41, 5.74) is -0.0648. The van der Waals surface area contributed by atoms with Crippen LogP contribution in [-0.2, 0) is 9.59 Å². The number of carboxylic acids is 1. The Morgan fingerprint density at radius 3 is 2.50 bits per heavy atom. The van der Waals surface area contributed by atoms with E-state index in [4.69, 9.17) is 16.7 Å². The zero-order valence-electron chi connectivity index (χ0n) is 10.8. The summed E-state index contributed by atoms with van der Waals surface area (Å²) in [5, 5.41) is 11.8. The fraction of sp³-hybridized carbons (Fsp3) is 0.692. The van der Waals surface area contributed by atoms with E-state index in [0.29, 0.717) is 12.3 Å². The van der Waals surface area contributed by atoms with Crippen LogP contribution in [0.25, 0.3) is 0 Å². The van der Waals surface area contributed by atoms with Crippen LogP contribution >= 0.6 is 11.6 Å². The molecular weight excluding hydrogens is 254 g/mol. The summed E-state index contributed by atoms with van der Waals surface area (Å²) in [6, 6.07) is 0.0931. The number of halogens is 1. The van der Waals surface area contributed by atoms with E-state index in [1.807, 2.05) is 13.8 Å². The smallest absolute Gasteiger partial charge is 0.340 e. The summed E-state index contributed by atoms with van der Waals surface area (Å²) in [6.45, 7) is 4.09. The minimum absolute atomic E-state index is 0.0931. The molecule has 0 aliphatic heterocycles. The molecule has 1 rings (SSSR count). The maximum atomic E-state index is 11.8. The van der Waals surface area contributed by atoms with Crippen molar-refractivity contribution in [3.63, 3.8) is 0 Å². The lowest BCUT2D eigenvalue weighted by Gasteiger charge is -2.07. The van der Waals surface area contributed by atoms with E-state index < -0.39 is 11.9 Å². The highest BCUT2D eigenvalue weighted by atomic mass is 35.5. The number of hydrogen-bond donors (Lipinski definition) is 2. The molecule has 1 amide bonds. The van der Waals surface area contributed by atoms with E-state index in [2.05, 4.69) is 5.32 Å². The molecule has 4 nitrogen and oxygen atoms in total. The standard InChI is InChI=1S/C13H20ClNO3/c1-13(2)8-10(13)15-11(16)9(12(17)18)6-4-3-5-7-14/h6,10H,3-5,7-8H2,1-2H3,(H,15,16)(H,17,18)/b9-6-. The molecule has 1 aliphatic rings. The number of unbranched alkanes of at least 4 members (excludes halogenated alkanes) is 2. The maximum Gasteiger partial charge on any atom is 0.340 e. The number of hydrogen-bond acceptors (Lipinski definition) is 2. The van der Waals surface area contributed by atoms with Gasteiger partial charge in [0.15, 0.2) is 0 Å². The van der Waals surface area contributed by atoms with Gasteiger partial charge >= 0.3 is 5.97 Å². The van der Waals surface area contributed by atoms with Gasteiger partial charge in [0.25, 0.3) is 5.91 Å². The Morgan fingerprint density at radius 2 is 2.06 bits per heavy atom. The molecule has 1 unspecified atom stereocenters. The Kier molecular flexibility index (Phi) is 5.20. The van der Waals surface area contributed by atoms with Crippen molar-refractivity contribution in [1.29, 1.82) is 0 Å². The van der Waals surface area contributed by atoms with E-state index in [1.165, 1.54) is 6.08 Å². The van der Waals surface area contributed by atoms with Gasteiger partial charge in [0.1, 0.15) is 5.57 Å². The SMILES string of the molecule is CC1(C)CC1NC(=O)/C(=C/CCCCCl)C(=O)O. The molecular formula is C13H20ClNO3. The molecule has 102 valence electrons. The van der Waals surface area contributed by atoms with Gasteiger partial charge < -0.3 is 10.4 Å². The Labute approximate surface area is 112 Å². The highest BCUT2D eigenvalue weighted by Gasteiger charge is 2.47. The molecule has 0 saturated heterocycles. The summed E-state index contributed by atoms with van der Waals surface area (Å²) in [6.07, 6.45) is 4.57. The molecule has 0 aromatic rings. The minimum Gasteiger partial charge on any atom is -0.478 e. The molecule has 0 aromatic carbocycles. The second kappa shape index (κ2) is 6.23. The Bertz CT molecular complexity index is 363. The Hall–Kier alpha value is -1.03. The van der Waals surface area contributed by atoms with Crippen LogP contribution in [0, 0.1) is 5.41 Å². The molecule has 2 N–H and O–H groups in total. The quantitative estimate of drug-likeness (QED) is 0.246. The van der Waals surface area contributed by atoms with Crippen LogP contribution in [0.2, 0.25) is 0 Å². The largest absolute Gasteiger partial charge is 0.478 e. The zero-order chi connectivity index (χ0) is 13.8. The molecule has 0 spiro atoms. The van der Waals surface area contributed by atoms with Crippen LogP contribution < -0.4 is 5.32 Å². The van der Waals surface area contributed by atoms with Crippen molar-refractivity contribution in [3.05, 3.63) is 11.6 Å². The number of nitrogens with one attached hydrogen (secondary N) is 1. The van der Waals surface area contributed by atoms with Gasteiger partial charge in [-0.25, -0.2) is 4.79 Å². The van der Waals surface area contributed by atoms with E-state index in [9.17, 15) is 9.59 Å². The normalized spacial score (nSPS) is 21.5. The number of rotatable bonds is 7. The summed E-state index contributed by atoms with van der Waals surface area (Å²) >= 11 is 5.53. The van der Waals surface area contributed by atoms with Crippen molar-refractivity contribution in [1.82, 2.24) is 5.32 Å². The molecule has 5 heteroatoms. The second-order valence-electron chi connectivity index (χ2n) is 5.33. The lowest BCUT2D eigenvalue weighted by atomic mass is 10.1. The third-order valence-electron chi connectivity index (χ3n) is 3.23. The highest BCUT2D eigenvalue weighted by Crippen LogP contribution is 2.44. The van der Waals surface area contributed by atoms with Crippen LogP contribution in [0.3, 0.4) is 0 Å². The van der Waals surface area contributed by atoms with Crippen LogP contribution in [0.1, 0.15) is 39.5 Å². The van der Waals surface area contributed by atoms with Crippen molar-refractivity contribution >= 4 is 23.5 Å². The molecule has 1 fully saturated rings. The first-order valence-electron chi connectivity index (χ1n) is 6.19. The Morgan fingerprint density at radius 1 is 1.44 bits per heavy atom. The molecule has 1 saturated carbocycles. The molecule has 18 heavy (non-hydrogen) atoms. The average Bonchev–Trinajstić information content (AvgIpc) is 2.85. The summed E-state index contributed by atoms with van der Waals surface area (Å²) in [5.74, 6) is -1.10. The number of amides is 1. The van der Waals surface area contributed by atoms with Crippen LogP contribution in [-0.4, -0.2) is 28.9 Å². The molecule has 0 aromatic heterocycles. The van der Waals surface area contributed by atoms with Gasteiger partial charge in [-0.1, -0.05) is 19.9 Å². The Balaban J connectivity index is 2.51. The molecule has 0 heterocycles. The van der Waals surface area contributed by atoms with Crippen molar-refractivity contribution < 1.29 is 14.7 Å². The van der Waals surface area contributed by atoms with Gasteiger partial charge in [-0.15, -0.1) is 11.6 Å². The van der Waals surface area contributed by atoms with Crippen molar-refractivity contribution in [3.8, 4) is 0 Å². The summed E-state index contributed by atoms with van der Waals surface area (Å²) in [7, 11) is 0. The van der Waals surface area contributed by atoms with Gasteiger partial charge in [-0.2, -0.15) is 0 Å². The zero-order valence-corrected chi connectivity index (χ0v) is 11.6. The molecule has 0 bridgehead atoms. The lowest BCUT2D eigenvalue weighted by Crippen LogP contribution is -2.32. The third-order valence-corrected chi connectivity index (χ3v) is 3.50. The van der Waals surface area contributed by atoms with E-state index >= 15 is 0 Å². The second-order valence-corrected chi connectivity index (χ2v) is 5.70. The van der Waals surface area contributed by atoms with Crippen LogP contribution in [0.5, 0.6) is 0 Å². The first-order chi connectivity index (χ1) is 8.38. The first-order valence-corrected chi connectivity index (χ1v) is 6.72. The van der Waals surface area contributed by atoms with E-state index in [-0.39, 0.29) is 17.0 Å². The number of carbonyl (C=O) groups excluding carboxylic acids is 1. The predicted octanol–water partition coefficient (Wildman–Crippen LogP) is 2.32. The number of allylic oxidation sites excluding steroid dienone is 1. The van der Waals surface area contributed by atoms with Gasteiger partial charge in [-0.05, 0) is 31.1 Å². The molecule has 1 aliphatic carbocycles. The number of aliphatic carboxylic acids is 1. The summed E-state index contributed by atoms with van der Waals surface area (Å²) in [4.78, 5) is 22.8. The van der Waals surface area contributed by atoms with Crippen molar-refractivity contribution in [2.45, 2.75) is 45.6 Å². The topological polar surface area (TPSA) is 66.4 Å². The maximum absolute atomic E-state index is 11.8. The van der Waals surface area contributed by atoms with Crippen LogP contribution in [0.15, 0.2) is 11.6 Å². The number of alkyl halides is 1.